The van der Waals surface area contributed by atoms with Crippen molar-refractivity contribution in [1.29, 1.82) is 0 Å². The zero-order valence-corrected chi connectivity index (χ0v) is 8.65. The lowest BCUT2D eigenvalue weighted by molar-refractivity contribution is 0.0956. The van der Waals surface area contributed by atoms with E-state index in [0.717, 1.165) is 4.88 Å². The van der Waals surface area contributed by atoms with Crippen LogP contribution in [-0.4, -0.2) is 24.2 Å². The van der Waals surface area contributed by atoms with Crippen LogP contribution < -0.4 is 5.32 Å². The van der Waals surface area contributed by atoms with Gasteiger partial charge in [-0.15, -0.1) is 11.3 Å². The van der Waals surface area contributed by atoms with Gasteiger partial charge in [0.05, 0.1) is 10.4 Å². The van der Waals surface area contributed by atoms with E-state index in [2.05, 4.69) is 17.2 Å². The van der Waals surface area contributed by atoms with Crippen molar-refractivity contribution >= 4 is 17.2 Å². The summed E-state index contributed by atoms with van der Waals surface area (Å²) in [5.41, 5.74) is 0.624. The van der Waals surface area contributed by atoms with Crippen LogP contribution >= 0.6 is 11.3 Å². The molecule has 3 nitrogen and oxygen atoms in total. The lowest BCUT2D eigenvalue weighted by Gasteiger charge is -1.96. The van der Waals surface area contributed by atoms with E-state index < -0.39 is 0 Å². The van der Waals surface area contributed by atoms with Gasteiger partial charge in [-0.25, -0.2) is 0 Å². The van der Waals surface area contributed by atoms with Crippen molar-refractivity contribution in [2.24, 2.45) is 0 Å². The SMILES string of the molecule is CCNC(=O)c1csc(C#CCO)c1. The van der Waals surface area contributed by atoms with Gasteiger partial charge in [-0.05, 0) is 13.0 Å². The number of nitrogens with one attached hydrogen (secondary N) is 1. The first kappa shape index (κ1) is 10.8. The van der Waals surface area contributed by atoms with Crippen LogP contribution in [-0.2, 0) is 0 Å². The van der Waals surface area contributed by atoms with Crippen molar-refractivity contribution in [3.63, 3.8) is 0 Å². The molecule has 1 aromatic heterocycles. The third-order valence-corrected chi connectivity index (χ3v) is 2.34. The van der Waals surface area contributed by atoms with E-state index in [1.54, 1.807) is 11.4 Å². The number of aliphatic hydroxyl groups excluding tert-OH is 1. The Labute approximate surface area is 86.8 Å². The average Bonchev–Trinajstić information content (AvgIpc) is 2.63. The highest BCUT2D eigenvalue weighted by molar-refractivity contribution is 7.10. The van der Waals surface area contributed by atoms with E-state index in [0.29, 0.717) is 12.1 Å². The molecule has 1 aromatic rings. The lowest BCUT2D eigenvalue weighted by Crippen LogP contribution is -2.21. The van der Waals surface area contributed by atoms with E-state index in [4.69, 9.17) is 5.11 Å². The first-order valence-electron chi connectivity index (χ1n) is 4.24. The highest BCUT2D eigenvalue weighted by atomic mass is 32.1. The van der Waals surface area contributed by atoms with E-state index in [1.807, 2.05) is 6.92 Å². The molecule has 1 amide bonds. The fraction of sp³-hybridized carbons (Fsp3) is 0.300. The largest absolute Gasteiger partial charge is 0.384 e. The summed E-state index contributed by atoms with van der Waals surface area (Å²) in [7, 11) is 0. The van der Waals surface area contributed by atoms with Gasteiger partial charge in [-0.2, -0.15) is 0 Å². The molecule has 1 rings (SSSR count). The van der Waals surface area contributed by atoms with Crippen molar-refractivity contribution in [3.8, 4) is 11.8 Å². The highest BCUT2D eigenvalue weighted by Gasteiger charge is 2.05. The predicted molar refractivity (Wildman–Crippen MR) is 56.3 cm³/mol. The van der Waals surface area contributed by atoms with Crippen LogP contribution in [0.25, 0.3) is 0 Å². The molecule has 0 spiro atoms. The van der Waals surface area contributed by atoms with Crippen LogP contribution in [0.15, 0.2) is 11.4 Å². The predicted octanol–water partition coefficient (Wildman–Crippen LogP) is 0.842. The van der Waals surface area contributed by atoms with Crippen molar-refractivity contribution < 1.29 is 9.90 Å². The standard InChI is InChI=1S/C10H11NO2S/c1-2-11-10(13)8-6-9(14-7-8)4-3-5-12/h6-7,12H,2,5H2,1H3,(H,11,13). The van der Waals surface area contributed by atoms with Gasteiger partial charge in [-0.3, -0.25) is 4.79 Å². The molecule has 14 heavy (non-hydrogen) atoms. The summed E-state index contributed by atoms with van der Waals surface area (Å²) in [6.45, 7) is 2.33. The second-order valence-electron chi connectivity index (χ2n) is 2.52. The minimum atomic E-state index is -0.158. The minimum Gasteiger partial charge on any atom is -0.384 e. The van der Waals surface area contributed by atoms with Gasteiger partial charge in [-0.1, -0.05) is 11.8 Å². The summed E-state index contributed by atoms with van der Waals surface area (Å²) in [5, 5.41) is 12.9. The Kier molecular flexibility index (Phi) is 4.17. The van der Waals surface area contributed by atoms with Crippen LogP contribution in [0, 0.1) is 11.8 Å². The molecule has 1 heterocycles. The molecule has 0 fully saturated rings. The summed E-state index contributed by atoms with van der Waals surface area (Å²) in [4.78, 5) is 12.1. The number of aliphatic hydroxyl groups is 1. The van der Waals surface area contributed by atoms with Gasteiger partial charge in [0.25, 0.3) is 5.91 Å². The topological polar surface area (TPSA) is 49.3 Å². The second-order valence-corrected chi connectivity index (χ2v) is 3.43. The molecule has 0 aliphatic carbocycles. The third kappa shape index (κ3) is 2.87. The highest BCUT2D eigenvalue weighted by Crippen LogP contribution is 2.13. The molecular weight excluding hydrogens is 198 g/mol. The first-order chi connectivity index (χ1) is 6.77. The number of hydrogen-bond donors (Lipinski definition) is 2. The third-order valence-electron chi connectivity index (χ3n) is 1.49. The number of carbonyl (C=O) groups is 1. The maximum atomic E-state index is 11.3. The number of rotatable bonds is 2. The monoisotopic (exact) mass is 209 g/mol. The molecule has 0 unspecified atom stereocenters. The van der Waals surface area contributed by atoms with Crippen LogP contribution in [0.5, 0.6) is 0 Å². The van der Waals surface area contributed by atoms with Gasteiger partial charge in [0, 0.05) is 11.9 Å². The Bertz CT molecular complexity index is 373. The molecule has 0 aliphatic rings. The Hall–Kier alpha value is -1.31. The summed E-state index contributed by atoms with van der Waals surface area (Å²) in [5.74, 6) is 5.20. The van der Waals surface area contributed by atoms with Gasteiger partial charge in [0.1, 0.15) is 6.61 Å². The van der Waals surface area contributed by atoms with E-state index in [-0.39, 0.29) is 12.5 Å². The molecule has 0 atom stereocenters. The summed E-state index contributed by atoms with van der Waals surface area (Å²) in [6, 6.07) is 1.72. The minimum absolute atomic E-state index is 0.0826. The fourth-order valence-electron chi connectivity index (χ4n) is 0.910. The fourth-order valence-corrected chi connectivity index (χ4v) is 1.67. The molecule has 2 N–H and O–H groups in total. The summed E-state index contributed by atoms with van der Waals surface area (Å²) < 4.78 is 0. The van der Waals surface area contributed by atoms with E-state index in [1.165, 1.54) is 11.3 Å². The maximum Gasteiger partial charge on any atom is 0.252 e. The average molecular weight is 209 g/mol. The molecule has 74 valence electrons. The molecule has 0 bridgehead atoms. The Morgan fingerprint density at radius 1 is 1.71 bits per heavy atom. The Morgan fingerprint density at radius 3 is 3.14 bits per heavy atom. The molecule has 0 radical (unpaired) electrons. The number of amides is 1. The zero-order chi connectivity index (χ0) is 10.4. The van der Waals surface area contributed by atoms with Crippen LogP contribution in [0.2, 0.25) is 0 Å². The molecule has 0 saturated heterocycles. The Morgan fingerprint density at radius 2 is 2.50 bits per heavy atom. The van der Waals surface area contributed by atoms with Crippen molar-refractivity contribution in [2.45, 2.75) is 6.92 Å². The van der Waals surface area contributed by atoms with Crippen LogP contribution in [0.3, 0.4) is 0 Å². The van der Waals surface area contributed by atoms with E-state index >= 15 is 0 Å². The van der Waals surface area contributed by atoms with Crippen molar-refractivity contribution in [3.05, 3.63) is 21.9 Å². The van der Waals surface area contributed by atoms with Gasteiger partial charge < -0.3 is 10.4 Å². The first-order valence-corrected chi connectivity index (χ1v) is 5.12. The number of thiophene rings is 1. The summed E-state index contributed by atoms with van der Waals surface area (Å²) in [6.07, 6.45) is 0. The van der Waals surface area contributed by atoms with Crippen molar-refractivity contribution in [1.82, 2.24) is 5.32 Å². The smallest absolute Gasteiger partial charge is 0.252 e. The quantitative estimate of drug-likeness (QED) is 0.709. The van der Waals surface area contributed by atoms with Gasteiger partial charge in [0.2, 0.25) is 0 Å². The lowest BCUT2D eigenvalue weighted by atomic mass is 10.3. The van der Waals surface area contributed by atoms with E-state index in [9.17, 15) is 4.79 Å². The van der Waals surface area contributed by atoms with Crippen LogP contribution in [0.4, 0.5) is 0 Å². The number of carbonyl (C=O) groups excluding carboxylic acids is 1. The zero-order valence-electron chi connectivity index (χ0n) is 7.83. The molecule has 4 heteroatoms. The van der Waals surface area contributed by atoms with Crippen molar-refractivity contribution in [2.75, 3.05) is 13.2 Å². The molecular formula is C10H11NO2S. The second kappa shape index (κ2) is 5.43. The van der Waals surface area contributed by atoms with Crippen LogP contribution in [0.1, 0.15) is 22.2 Å². The molecule has 0 aliphatic heterocycles. The normalized spacial score (nSPS) is 9.00. The van der Waals surface area contributed by atoms with Gasteiger partial charge in [0.15, 0.2) is 0 Å². The number of hydrogen-bond acceptors (Lipinski definition) is 3. The molecule has 0 aromatic carbocycles. The maximum absolute atomic E-state index is 11.3. The molecule has 0 saturated carbocycles. The van der Waals surface area contributed by atoms with Gasteiger partial charge >= 0.3 is 0 Å². The summed E-state index contributed by atoms with van der Waals surface area (Å²) >= 11 is 1.40. The Balaban J connectivity index is 2.72.